The number of thiophene rings is 1. The smallest absolute Gasteiger partial charge is 0.317 e. The van der Waals surface area contributed by atoms with Crippen LogP contribution in [0, 0.1) is 6.92 Å². The van der Waals surface area contributed by atoms with Crippen LogP contribution >= 0.6 is 11.3 Å². The largest absolute Gasteiger partial charge is 0.333 e. The van der Waals surface area contributed by atoms with E-state index in [1.807, 2.05) is 6.92 Å². The van der Waals surface area contributed by atoms with Crippen LogP contribution in [0.25, 0.3) is 0 Å². The summed E-state index contributed by atoms with van der Waals surface area (Å²) in [6.45, 7) is 4.27. The molecule has 0 saturated carbocycles. The van der Waals surface area contributed by atoms with Crippen LogP contribution in [-0.4, -0.2) is 55.1 Å². The van der Waals surface area contributed by atoms with Crippen LogP contribution in [0.4, 0.5) is 4.79 Å². The first-order valence-corrected chi connectivity index (χ1v) is 10.0. The molecule has 0 aliphatic carbocycles. The molecule has 2 amide bonds. The predicted octanol–water partition coefficient (Wildman–Crippen LogP) is 1.38. The molecular weight excluding hydrogens is 322 g/mol. The molecular formula is C14H21N3O3S2. The molecule has 1 aromatic rings. The van der Waals surface area contributed by atoms with Gasteiger partial charge >= 0.3 is 6.03 Å². The van der Waals surface area contributed by atoms with Crippen molar-refractivity contribution in [2.24, 2.45) is 0 Å². The molecule has 0 spiro atoms. The second-order valence-corrected chi connectivity index (χ2v) is 8.95. The van der Waals surface area contributed by atoms with Gasteiger partial charge in [0.25, 0.3) is 0 Å². The molecule has 22 heavy (non-hydrogen) atoms. The Balaban J connectivity index is 1.52. The van der Waals surface area contributed by atoms with Crippen molar-refractivity contribution in [1.29, 1.82) is 0 Å². The molecule has 1 aromatic heterocycles. The highest BCUT2D eigenvalue weighted by molar-refractivity contribution is 7.89. The number of hydrogen-bond donors (Lipinski definition) is 1. The quantitative estimate of drug-likeness (QED) is 0.901. The Labute approximate surface area is 135 Å². The average molecular weight is 343 g/mol. The van der Waals surface area contributed by atoms with Gasteiger partial charge in [-0.25, -0.2) is 13.2 Å². The number of carbonyl (C=O) groups excluding carboxylic acids is 1. The molecule has 0 unspecified atom stereocenters. The van der Waals surface area contributed by atoms with Gasteiger partial charge in [-0.1, -0.05) is 0 Å². The van der Waals surface area contributed by atoms with E-state index in [-0.39, 0.29) is 17.8 Å². The van der Waals surface area contributed by atoms with E-state index in [4.69, 9.17) is 0 Å². The zero-order chi connectivity index (χ0) is 15.7. The Morgan fingerprint density at radius 1 is 1.45 bits per heavy atom. The van der Waals surface area contributed by atoms with Crippen LogP contribution in [0.15, 0.2) is 11.4 Å². The maximum Gasteiger partial charge on any atom is 0.317 e. The van der Waals surface area contributed by atoms with E-state index in [0.717, 1.165) is 11.3 Å². The molecule has 2 fully saturated rings. The Hall–Kier alpha value is -1.12. The van der Waals surface area contributed by atoms with Crippen molar-refractivity contribution >= 4 is 27.4 Å². The first-order chi connectivity index (χ1) is 10.5. The minimum Gasteiger partial charge on any atom is -0.333 e. The summed E-state index contributed by atoms with van der Waals surface area (Å²) in [6.07, 6.45) is 1.42. The molecule has 0 bridgehead atoms. The van der Waals surface area contributed by atoms with Crippen LogP contribution in [0.3, 0.4) is 0 Å². The average Bonchev–Trinajstić information content (AvgIpc) is 3.15. The molecule has 2 aliphatic rings. The molecule has 122 valence electrons. The maximum atomic E-state index is 12.2. The lowest BCUT2D eigenvalue weighted by Gasteiger charge is -2.22. The van der Waals surface area contributed by atoms with Crippen LogP contribution in [0.5, 0.6) is 0 Å². The lowest BCUT2D eigenvalue weighted by atomic mass is 10.2. The van der Waals surface area contributed by atoms with E-state index >= 15 is 0 Å². The number of rotatable bonds is 3. The van der Waals surface area contributed by atoms with Gasteiger partial charge < -0.3 is 10.2 Å². The molecule has 0 radical (unpaired) electrons. The lowest BCUT2D eigenvalue weighted by Crippen LogP contribution is -2.42. The van der Waals surface area contributed by atoms with E-state index in [0.29, 0.717) is 32.6 Å². The second-order valence-electron chi connectivity index (χ2n) is 5.92. The maximum absolute atomic E-state index is 12.2. The Bertz CT molecular complexity index is 656. The molecule has 6 nitrogen and oxygen atoms in total. The highest BCUT2D eigenvalue weighted by Gasteiger charge is 2.38. The number of likely N-dealkylation sites (tertiary alicyclic amines) is 1. The SMILES string of the molecule is Cc1csc(CNC(=O)N2CC[C@H](N3CCCS3(=O)=O)C2)c1. The first kappa shape index (κ1) is 15.8. The van der Waals surface area contributed by atoms with Crippen molar-refractivity contribution in [3.63, 3.8) is 0 Å². The topological polar surface area (TPSA) is 69.7 Å². The van der Waals surface area contributed by atoms with Gasteiger partial charge in [0.05, 0.1) is 12.3 Å². The van der Waals surface area contributed by atoms with Crippen molar-refractivity contribution in [2.75, 3.05) is 25.4 Å². The van der Waals surface area contributed by atoms with E-state index in [1.54, 1.807) is 20.5 Å². The van der Waals surface area contributed by atoms with Crippen molar-refractivity contribution in [3.8, 4) is 0 Å². The van der Waals surface area contributed by atoms with Gasteiger partial charge in [-0.15, -0.1) is 11.3 Å². The molecule has 8 heteroatoms. The number of urea groups is 1. The third-order valence-corrected chi connectivity index (χ3v) is 7.25. The fourth-order valence-corrected chi connectivity index (χ4v) is 5.66. The van der Waals surface area contributed by atoms with E-state index in [9.17, 15) is 13.2 Å². The summed E-state index contributed by atoms with van der Waals surface area (Å²) in [5.74, 6) is 0.243. The minimum absolute atomic E-state index is 0.0535. The van der Waals surface area contributed by atoms with Crippen molar-refractivity contribution < 1.29 is 13.2 Å². The second kappa shape index (κ2) is 6.17. The number of hydrogen-bond acceptors (Lipinski definition) is 4. The van der Waals surface area contributed by atoms with Gasteiger partial charge in [0.1, 0.15) is 0 Å². The fraction of sp³-hybridized carbons (Fsp3) is 0.643. The molecule has 2 aliphatic heterocycles. The van der Waals surface area contributed by atoms with Gasteiger partial charge in [0, 0.05) is 30.6 Å². The normalized spacial score (nSPS) is 24.8. The highest BCUT2D eigenvalue weighted by Crippen LogP contribution is 2.24. The third kappa shape index (κ3) is 3.28. The standard InChI is InChI=1S/C14H21N3O3S2/c1-11-7-13(21-10-11)8-15-14(18)16-5-3-12(9-16)17-4-2-6-22(17,19)20/h7,10,12H,2-6,8-9H2,1H3,(H,15,18)/t12-/m0/s1. The first-order valence-electron chi connectivity index (χ1n) is 7.52. The minimum atomic E-state index is -3.10. The predicted molar refractivity (Wildman–Crippen MR) is 86.4 cm³/mol. The van der Waals surface area contributed by atoms with Crippen LogP contribution < -0.4 is 5.32 Å². The van der Waals surface area contributed by atoms with Crippen LogP contribution in [0.1, 0.15) is 23.3 Å². The summed E-state index contributed by atoms with van der Waals surface area (Å²) in [6, 6.07) is 1.90. The van der Waals surface area contributed by atoms with Gasteiger partial charge in [0.15, 0.2) is 0 Å². The fourth-order valence-electron chi connectivity index (χ4n) is 3.09. The Morgan fingerprint density at radius 2 is 2.27 bits per heavy atom. The number of carbonyl (C=O) groups is 1. The monoisotopic (exact) mass is 343 g/mol. The van der Waals surface area contributed by atoms with Gasteiger partial charge in [-0.3, -0.25) is 0 Å². The zero-order valence-corrected chi connectivity index (χ0v) is 14.3. The van der Waals surface area contributed by atoms with Gasteiger partial charge in [-0.2, -0.15) is 4.31 Å². The van der Waals surface area contributed by atoms with Crippen molar-refractivity contribution in [1.82, 2.24) is 14.5 Å². The van der Waals surface area contributed by atoms with E-state index < -0.39 is 10.0 Å². The molecule has 3 rings (SSSR count). The molecule has 0 aromatic carbocycles. The summed E-state index contributed by atoms with van der Waals surface area (Å²) in [7, 11) is -3.10. The lowest BCUT2D eigenvalue weighted by molar-refractivity contribution is 0.205. The number of sulfonamides is 1. The van der Waals surface area contributed by atoms with E-state index in [1.165, 1.54) is 5.56 Å². The summed E-state index contributed by atoms with van der Waals surface area (Å²) in [5.41, 5.74) is 1.20. The van der Waals surface area contributed by atoms with Crippen molar-refractivity contribution in [3.05, 3.63) is 21.9 Å². The highest BCUT2D eigenvalue weighted by atomic mass is 32.2. The Morgan fingerprint density at radius 3 is 2.91 bits per heavy atom. The van der Waals surface area contributed by atoms with Gasteiger partial charge in [0.2, 0.25) is 10.0 Å². The number of nitrogens with one attached hydrogen (secondary N) is 1. The molecule has 1 atom stereocenters. The third-order valence-electron chi connectivity index (χ3n) is 4.19. The van der Waals surface area contributed by atoms with Crippen molar-refractivity contribution in [2.45, 2.75) is 32.4 Å². The Kier molecular flexibility index (Phi) is 4.42. The number of aryl methyl sites for hydroxylation is 1. The zero-order valence-electron chi connectivity index (χ0n) is 12.6. The summed E-state index contributed by atoms with van der Waals surface area (Å²) in [4.78, 5) is 15.0. The number of amides is 2. The molecule has 1 N–H and O–H groups in total. The van der Waals surface area contributed by atoms with Gasteiger partial charge in [-0.05, 0) is 36.8 Å². The van der Waals surface area contributed by atoms with E-state index in [2.05, 4.69) is 16.8 Å². The summed E-state index contributed by atoms with van der Waals surface area (Å²) >= 11 is 1.63. The van der Waals surface area contributed by atoms with Crippen LogP contribution in [-0.2, 0) is 16.6 Å². The van der Waals surface area contributed by atoms with Crippen LogP contribution in [0.2, 0.25) is 0 Å². The number of nitrogens with zero attached hydrogens (tertiary/aromatic N) is 2. The molecule has 2 saturated heterocycles. The summed E-state index contributed by atoms with van der Waals surface area (Å²) in [5, 5.41) is 4.98. The summed E-state index contributed by atoms with van der Waals surface area (Å²) < 4.78 is 25.5. The molecule has 3 heterocycles.